The summed E-state index contributed by atoms with van der Waals surface area (Å²) >= 11 is 3.04. The van der Waals surface area contributed by atoms with Crippen LogP contribution in [0.15, 0.2) is 11.6 Å². The Morgan fingerprint density at radius 3 is 2.88 bits per heavy atom. The molecule has 0 aliphatic carbocycles. The first-order valence-corrected chi connectivity index (χ1v) is 7.04. The Bertz CT molecular complexity index is 451. The molecule has 0 aliphatic rings. The first-order valence-electron chi connectivity index (χ1n) is 5.39. The van der Waals surface area contributed by atoms with Crippen LogP contribution in [0, 0.1) is 0 Å². The van der Waals surface area contributed by atoms with Crippen molar-refractivity contribution < 1.29 is 0 Å². The van der Waals surface area contributed by atoms with E-state index in [2.05, 4.69) is 33.8 Å². The second-order valence-corrected chi connectivity index (χ2v) is 5.79. The van der Waals surface area contributed by atoms with Gasteiger partial charge in [-0.05, 0) is 17.5 Å². The molecule has 5 nitrogen and oxygen atoms in total. The quantitative estimate of drug-likeness (QED) is 0.640. The zero-order chi connectivity index (χ0) is 12.3. The number of hydrogen-bond acceptors (Lipinski definition) is 7. The van der Waals surface area contributed by atoms with Crippen molar-refractivity contribution in [1.82, 2.24) is 20.0 Å². The number of rotatable bonds is 5. The maximum atomic E-state index is 5.63. The number of aromatic nitrogens is 3. The topological polar surface area (TPSA) is 76.7 Å². The van der Waals surface area contributed by atoms with Crippen LogP contribution in [-0.2, 0) is 6.42 Å². The van der Waals surface area contributed by atoms with Crippen LogP contribution in [0.4, 0.5) is 0 Å². The highest BCUT2D eigenvalue weighted by Crippen LogP contribution is 2.28. The van der Waals surface area contributed by atoms with Crippen LogP contribution in [-0.4, -0.2) is 14.6 Å². The first kappa shape index (κ1) is 12.6. The van der Waals surface area contributed by atoms with Crippen molar-refractivity contribution in [3.63, 3.8) is 0 Å². The van der Waals surface area contributed by atoms with Crippen LogP contribution in [0.5, 0.6) is 0 Å². The maximum Gasteiger partial charge on any atom is 0.0944 e. The van der Waals surface area contributed by atoms with Crippen LogP contribution in [0.3, 0.4) is 0 Å². The van der Waals surface area contributed by atoms with E-state index in [1.807, 2.05) is 11.6 Å². The molecule has 2 aromatic rings. The van der Waals surface area contributed by atoms with Gasteiger partial charge >= 0.3 is 0 Å². The number of hydrazine groups is 1. The van der Waals surface area contributed by atoms with Gasteiger partial charge < -0.3 is 0 Å². The standard InChI is InChI=1S/C10H15N5S2/c1-6(2)9-10(17-15-14-9)7(13-11)5-8-12-3-4-16-8/h3-4,6-7,13H,5,11H2,1-2H3. The Kier molecular flexibility index (Phi) is 4.16. The third-order valence-corrected chi connectivity index (χ3v) is 4.12. The number of thiazole rings is 1. The summed E-state index contributed by atoms with van der Waals surface area (Å²) in [6.07, 6.45) is 2.58. The SMILES string of the molecule is CC(C)c1nnsc1C(Cc1nccs1)NN. The van der Waals surface area contributed by atoms with Crippen LogP contribution in [0.25, 0.3) is 0 Å². The molecule has 0 aromatic carbocycles. The highest BCUT2D eigenvalue weighted by Gasteiger charge is 2.21. The van der Waals surface area contributed by atoms with E-state index in [4.69, 9.17) is 5.84 Å². The molecule has 0 amide bonds. The van der Waals surface area contributed by atoms with E-state index in [0.29, 0.717) is 5.92 Å². The van der Waals surface area contributed by atoms with Gasteiger partial charge in [-0.25, -0.2) is 4.98 Å². The Balaban J connectivity index is 2.20. The summed E-state index contributed by atoms with van der Waals surface area (Å²) in [5, 5.41) is 7.21. The summed E-state index contributed by atoms with van der Waals surface area (Å²) in [7, 11) is 0. The van der Waals surface area contributed by atoms with E-state index < -0.39 is 0 Å². The van der Waals surface area contributed by atoms with E-state index in [1.54, 1.807) is 11.3 Å². The average Bonchev–Trinajstić information content (AvgIpc) is 2.96. The van der Waals surface area contributed by atoms with Crippen LogP contribution < -0.4 is 11.3 Å². The molecule has 2 heterocycles. The predicted molar refractivity (Wildman–Crippen MR) is 69.9 cm³/mol. The lowest BCUT2D eigenvalue weighted by molar-refractivity contribution is 0.550. The van der Waals surface area contributed by atoms with E-state index in [-0.39, 0.29) is 6.04 Å². The molecule has 1 unspecified atom stereocenters. The summed E-state index contributed by atoms with van der Waals surface area (Å²) < 4.78 is 4.02. The van der Waals surface area contributed by atoms with E-state index in [0.717, 1.165) is 22.0 Å². The minimum atomic E-state index is 0.0403. The van der Waals surface area contributed by atoms with Gasteiger partial charge in [0.15, 0.2) is 0 Å². The molecule has 3 N–H and O–H groups in total. The molecule has 2 rings (SSSR count). The van der Waals surface area contributed by atoms with Crippen molar-refractivity contribution in [2.75, 3.05) is 0 Å². The lowest BCUT2D eigenvalue weighted by Gasteiger charge is -2.14. The molecule has 0 radical (unpaired) electrons. The normalized spacial score (nSPS) is 13.2. The van der Waals surface area contributed by atoms with Crippen molar-refractivity contribution in [2.45, 2.75) is 32.2 Å². The van der Waals surface area contributed by atoms with Crippen molar-refractivity contribution in [3.05, 3.63) is 27.2 Å². The van der Waals surface area contributed by atoms with Gasteiger partial charge in [0, 0.05) is 18.0 Å². The van der Waals surface area contributed by atoms with Gasteiger partial charge in [-0.15, -0.1) is 16.4 Å². The molecule has 2 aromatic heterocycles. The zero-order valence-electron chi connectivity index (χ0n) is 9.75. The highest BCUT2D eigenvalue weighted by atomic mass is 32.1. The number of hydrogen-bond donors (Lipinski definition) is 2. The lowest BCUT2D eigenvalue weighted by atomic mass is 10.0. The molecular formula is C10H15N5S2. The van der Waals surface area contributed by atoms with Gasteiger partial charge in [-0.1, -0.05) is 18.3 Å². The first-order chi connectivity index (χ1) is 8.22. The molecule has 0 saturated heterocycles. The fraction of sp³-hybridized carbons (Fsp3) is 0.500. The zero-order valence-corrected chi connectivity index (χ0v) is 11.4. The Labute approximate surface area is 108 Å². The van der Waals surface area contributed by atoms with E-state index in [9.17, 15) is 0 Å². The van der Waals surface area contributed by atoms with Gasteiger partial charge in [0.2, 0.25) is 0 Å². The summed E-state index contributed by atoms with van der Waals surface area (Å²) in [5.41, 5.74) is 3.86. The van der Waals surface area contributed by atoms with Crippen molar-refractivity contribution in [2.24, 2.45) is 5.84 Å². The van der Waals surface area contributed by atoms with Crippen LogP contribution in [0.1, 0.15) is 41.4 Å². The second kappa shape index (κ2) is 5.63. The fourth-order valence-electron chi connectivity index (χ4n) is 1.60. The van der Waals surface area contributed by atoms with Crippen molar-refractivity contribution in [1.29, 1.82) is 0 Å². The largest absolute Gasteiger partial charge is 0.271 e. The van der Waals surface area contributed by atoms with Crippen molar-refractivity contribution >= 4 is 22.9 Å². The minimum Gasteiger partial charge on any atom is -0.271 e. The maximum absolute atomic E-state index is 5.63. The Hall–Kier alpha value is -0.890. The van der Waals surface area contributed by atoms with Gasteiger partial charge in [-0.2, -0.15) is 0 Å². The number of nitrogens with zero attached hydrogens (tertiary/aromatic N) is 3. The summed E-state index contributed by atoms with van der Waals surface area (Å²) in [4.78, 5) is 5.38. The third-order valence-electron chi connectivity index (χ3n) is 2.47. The Morgan fingerprint density at radius 2 is 2.29 bits per heavy atom. The van der Waals surface area contributed by atoms with E-state index in [1.165, 1.54) is 11.5 Å². The van der Waals surface area contributed by atoms with Gasteiger partial charge in [0.05, 0.1) is 21.6 Å². The molecule has 0 spiro atoms. The summed E-state index contributed by atoms with van der Waals surface area (Å²) in [6.45, 7) is 4.22. The molecule has 1 atom stereocenters. The van der Waals surface area contributed by atoms with Crippen molar-refractivity contribution in [3.8, 4) is 0 Å². The smallest absolute Gasteiger partial charge is 0.0944 e. The Morgan fingerprint density at radius 1 is 1.47 bits per heavy atom. The van der Waals surface area contributed by atoms with Crippen LogP contribution in [0.2, 0.25) is 0 Å². The summed E-state index contributed by atoms with van der Waals surface area (Å²) in [5.74, 6) is 5.98. The molecule has 92 valence electrons. The van der Waals surface area contributed by atoms with Gasteiger partial charge in [0.1, 0.15) is 0 Å². The van der Waals surface area contributed by atoms with Crippen LogP contribution >= 0.6 is 22.9 Å². The molecule has 0 fully saturated rings. The number of nitrogens with one attached hydrogen (secondary N) is 1. The lowest BCUT2D eigenvalue weighted by Crippen LogP contribution is -2.29. The third kappa shape index (κ3) is 2.86. The van der Waals surface area contributed by atoms with E-state index >= 15 is 0 Å². The molecule has 7 heteroatoms. The fourth-order valence-corrected chi connectivity index (χ4v) is 3.13. The van der Waals surface area contributed by atoms with Gasteiger partial charge in [-0.3, -0.25) is 11.3 Å². The molecule has 17 heavy (non-hydrogen) atoms. The molecule has 0 aliphatic heterocycles. The summed E-state index contributed by atoms with van der Waals surface area (Å²) in [6, 6.07) is 0.0403. The molecule has 0 bridgehead atoms. The molecule has 0 saturated carbocycles. The molecular weight excluding hydrogens is 254 g/mol. The minimum absolute atomic E-state index is 0.0403. The second-order valence-electron chi connectivity index (χ2n) is 4.03. The average molecular weight is 269 g/mol. The van der Waals surface area contributed by atoms with Gasteiger partial charge in [0.25, 0.3) is 0 Å². The predicted octanol–water partition coefficient (Wildman–Crippen LogP) is 1.87. The highest BCUT2D eigenvalue weighted by molar-refractivity contribution is 7.09. The number of nitrogens with two attached hydrogens (primary N) is 1. The monoisotopic (exact) mass is 269 g/mol.